The fraction of sp³-hybridized carbons (Fsp3) is 0.107. The maximum atomic E-state index is 13.3. The van der Waals surface area contributed by atoms with Gasteiger partial charge in [-0.15, -0.1) is 0 Å². The van der Waals surface area contributed by atoms with Gasteiger partial charge in [-0.2, -0.15) is 5.10 Å². The van der Waals surface area contributed by atoms with Gasteiger partial charge < -0.3 is 9.84 Å². The Kier molecular flexibility index (Phi) is 6.03. The van der Waals surface area contributed by atoms with Gasteiger partial charge in [-0.3, -0.25) is 9.78 Å². The lowest BCUT2D eigenvalue weighted by molar-refractivity contribution is 0.0710. The van der Waals surface area contributed by atoms with E-state index >= 15 is 0 Å². The number of carbonyl (C=O) groups is 1. The number of hydrazone groups is 1. The molecule has 0 radical (unpaired) electrons. The number of phenolic OH excluding ortho intramolecular Hbond substituents is 1. The monoisotopic (exact) mass is 449 g/mol. The number of amides is 1. The Hall–Kier alpha value is -4.45. The predicted octanol–water partition coefficient (Wildman–Crippen LogP) is 5.36. The molecule has 0 saturated carbocycles. The minimum absolute atomic E-state index is 0.188. The molecule has 168 valence electrons. The van der Waals surface area contributed by atoms with E-state index in [2.05, 4.69) is 10.1 Å². The molecule has 0 saturated heterocycles. The van der Waals surface area contributed by atoms with Gasteiger partial charge in [0.15, 0.2) is 0 Å². The molecule has 6 heteroatoms. The van der Waals surface area contributed by atoms with Gasteiger partial charge in [-0.1, -0.05) is 42.5 Å². The highest BCUT2D eigenvalue weighted by atomic mass is 16.5. The molecule has 1 aliphatic rings. The molecule has 1 unspecified atom stereocenters. The lowest BCUT2D eigenvalue weighted by Gasteiger charge is -2.22. The zero-order valence-corrected chi connectivity index (χ0v) is 18.4. The van der Waals surface area contributed by atoms with E-state index in [1.165, 1.54) is 5.01 Å². The quantitative estimate of drug-likeness (QED) is 0.430. The van der Waals surface area contributed by atoms with Gasteiger partial charge in [0.1, 0.15) is 18.1 Å². The molecule has 1 atom stereocenters. The summed E-state index contributed by atoms with van der Waals surface area (Å²) >= 11 is 0. The van der Waals surface area contributed by atoms with Crippen LogP contribution in [0.5, 0.6) is 11.5 Å². The first-order valence-electron chi connectivity index (χ1n) is 11.0. The van der Waals surface area contributed by atoms with Crippen molar-refractivity contribution in [3.8, 4) is 11.5 Å². The van der Waals surface area contributed by atoms with Crippen molar-refractivity contribution in [1.82, 2.24) is 9.99 Å². The van der Waals surface area contributed by atoms with Gasteiger partial charge in [0, 0.05) is 18.8 Å². The fourth-order valence-corrected chi connectivity index (χ4v) is 3.93. The van der Waals surface area contributed by atoms with Gasteiger partial charge in [-0.25, -0.2) is 5.01 Å². The zero-order valence-electron chi connectivity index (χ0n) is 18.4. The van der Waals surface area contributed by atoms with Crippen LogP contribution in [0.3, 0.4) is 0 Å². The van der Waals surface area contributed by atoms with Crippen LogP contribution in [0.1, 0.15) is 39.5 Å². The maximum Gasteiger partial charge on any atom is 0.276 e. The number of ether oxygens (including phenoxy) is 1. The van der Waals surface area contributed by atoms with Crippen LogP contribution in [-0.2, 0) is 6.61 Å². The lowest BCUT2D eigenvalue weighted by Crippen LogP contribution is -2.27. The molecule has 1 aromatic heterocycles. The van der Waals surface area contributed by atoms with Crippen LogP contribution in [-0.4, -0.2) is 26.7 Å². The summed E-state index contributed by atoms with van der Waals surface area (Å²) in [6.07, 6.45) is 3.74. The number of aromatic nitrogens is 1. The van der Waals surface area contributed by atoms with E-state index in [9.17, 15) is 9.90 Å². The average molecular weight is 450 g/mol. The van der Waals surface area contributed by atoms with Crippen molar-refractivity contribution in [3.63, 3.8) is 0 Å². The minimum atomic E-state index is -0.264. The van der Waals surface area contributed by atoms with E-state index in [0.717, 1.165) is 28.2 Å². The summed E-state index contributed by atoms with van der Waals surface area (Å²) in [5, 5.41) is 15.8. The van der Waals surface area contributed by atoms with Crippen molar-refractivity contribution in [2.45, 2.75) is 19.1 Å². The second-order valence-electron chi connectivity index (χ2n) is 8.05. The molecule has 34 heavy (non-hydrogen) atoms. The van der Waals surface area contributed by atoms with E-state index < -0.39 is 0 Å². The molecular weight excluding hydrogens is 426 g/mol. The van der Waals surface area contributed by atoms with Crippen LogP contribution in [0.2, 0.25) is 0 Å². The van der Waals surface area contributed by atoms with E-state index in [1.807, 2.05) is 66.7 Å². The van der Waals surface area contributed by atoms with Crippen LogP contribution in [0.4, 0.5) is 0 Å². The molecule has 0 fully saturated rings. The molecule has 4 aromatic rings. The van der Waals surface area contributed by atoms with Crippen molar-refractivity contribution in [3.05, 3.63) is 126 Å². The number of phenols is 1. The molecule has 1 amide bonds. The number of rotatable bonds is 6. The lowest BCUT2D eigenvalue weighted by atomic mass is 9.98. The Morgan fingerprint density at radius 1 is 0.941 bits per heavy atom. The predicted molar refractivity (Wildman–Crippen MR) is 130 cm³/mol. The maximum absolute atomic E-state index is 13.3. The normalized spacial score (nSPS) is 15.1. The van der Waals surface area contributed by atoms with Gasteiger partial charge in [0.2, 0.25) is 0 Å². The highest BCUT2D eigenvalue weighted by Crippen LogP contribution is 2.35. The molecule has 0 aliphatic carbocycles. The number of hydrogen-bond acceptors (Lipinski definition) is 5. The van der Waals surface area contributed by atoms with Gasteiger partial charge in [0.25, 0.3) is 5.91 Å². The molecule has 1 N–H and O–H groups in total. The SMILES string of the molecule is O=C(c1cccnc1)N1N=C(c2ccc(O)cc2)CC1c1ccc(OCc2ccccc2)cc1. The smallest absolute Gasteiger partial charge is 0.276 e. The van der Waals surface area contributed by atoms with Gasteiger partial charge >= 0.3 is 0 Å². The highest BCUT2D eigenvalue weighted by Gasteiger charge is 2.33. The third-order valence-electron chi connectivity index (χ3n) is 5.74. The topological polar surface area (TPSA) is 75.0 Å². The molecule has 0 bridgehead atoms. The summed E-state index contributed by atoms with van der Waals surface area (Å²) in [5.74, 6) is 0.736. The summed E-state index contributed by atoms with van der Waals surface area (Å²) in [6, 6.07) is 27.9. The molecule has 3 aromatic carbocycles. The first kappa shape index (κ1) is 21.4. The molecule has 1 aliphatic heterocycles. The van der Waals surface area contributed by atoms with Crippen LogP contribution in [0.25, 0.3) is 0 Å². The third-order valence-corrected chi connectivity index (χ3v) is 5.74. The fourth-order valence-electron chi connectivity index (χ4n) is 3.93. The Labute approximate surface area is 197 Å². The standard InChI is InChI=1S/C28H23N3O3/c32-24-12-8-21(9-13-24)26-17-27(31(30-26)28(33)23-7-4-16-29-18-23)22-10-14-25(15-11-22)34-19-20-5-2-1-3-6-20/h1-16,18,27,32H,17,19H2. The van der Waals surface area contributed by atoms with Crippen LogP contribution in [0.15, 0.2) is 108 Å². The number of aromatic hydroxyl groups is 1. The van der Waals surface area contributed by atoms with Crippen molar-refractivity contribution in [2.75, 3.05) is 0 Å². The highest BCUT2D eigenvalue weighted by molar-refractivity contribution is 6.05. The molecule has 2 heterocycles. The van der Waals surface area contributed by atoms with Crippen molar-refractivity contribution in [2.24, 2.45) is 5.10 Å². The van der Waals surface area contributed by atoms with E-state index in [0.29, 0.717) is 18.6 Å². The number of hydrogen-bond donors (Lipinski definition) is 1. The third kappa shape index (κ3) is 4.66. The summed E-state index contributed by atoms with van der Waals surface area (Å²) in [7, 11) is 0. The first-order valence-corrected chi connectivity index (χ1v) is 11.0. The summed E-state index contributed by atoms with van der Waals surface area (Å²) in [6.45, 7) is 0.489. The van der Waals surface area contributed by atoms with Crippen molar-refractivity contribution in [1.29, 1.82) is 0 Å². The number of carbonyl (C=O) groups excluding carboxylic acids is 1. The number of pyridine rings is 1. The Morgan fingerprint density at radius 2 is 1.71 bits per heavy atom. The van der Waals surface area contributed by atoms with Crippen LogP contribution < -0.4 is 4.74 Å². The minimum Gasteiger partial charge on any atom is -0.508 e. The Bertz CT molecular complexity index is 1290. The Balaban J connectivity index is 1.39. The molecule has 0 spiro atoms. The molecular formula is C28H23N3O3. The Morgan fingerprint density at radius 3 is 2.41 bits per heavy atom. The summed E-state index contributed by atoms with van der Waals surface area (Å²) < 4.78 is 5.91. The van der Waals surface area contributed by atoms with E-state index in [-0.39, 0.29) is 17.7 Å². The summed E-state index contributed by atoms with van der Waals surface area (Å²) in [5.41, 5.74) is 4.19. The average Bonchev–Trinajstić information content (AvgIpc) is 3.34. The number of nitrogens with zero attached hydrogens (tertiary/aromatic N) is 3. The largest absolute Gasteiger partial charge is 0.508 e. The van der Waals surface area contributed by atoms with Crippen LogP contribution in [0, 0.1) is 0 Å². The van der Waals surface area contributed by atoms with E-state index in [4.69, 9.17) is 4.74 Å². The summed E-state index contributed by atoms with van der Waals surface area (Å²) in [4.78, 5) is 17.4. The second kappa shape index (κ2) is 9.58. The number of benzene rings is 3. The van der Waals surface area contributed by atoms with Gasteiger partial charge in [0.05, 0.1) is 17.3 Å². The van der Waals surface area contributed by atoms with Crippen LogP contribution >= 0.6 is 0 Å². The molecule has 6 nitrogen and oxygen atoms in total. The first-order chi connectivity index (χ1) is 16.7. The van der Waals surface area contributed by atoms with Crippen molar-refractivity contribution < 1.29 is 14.6 Å². The molecule has 5 rings (SSSR count). The zero-order chi connectivity index (χ0) is 23.3. The van der Waals surface area contributed by atoms with Gasteiger partial charge in [-0.05, 0) is 65.2 Å². The second-order valence-corrected chi connectivity index (χ2v) is 8.05. The van der Waals surface area contributed by atoms with Crippen molar-refractivity contribution >= 4 is 11.6 Å². The van der Waals surface area contributed by atoms with E-state index in [1.54, 1.807) is 36.7 Å².